The van der Waals surface area contributed by atoms with E-state index < -0.39 is 16.1 Å². The fourth-order valence-corrected chi connectivity index (χ4v) is 4.48. The fourth-order valence-electron chi connectivity index (χ4n) is 3.43. The van der Waals surface area contributed by atoms with Crippen molar-refractivity contribution in [1.29, 1.82) is 0 Å². The third-order valence-corrected chi connectivity index (χ3v) is 6.24. The van der Waals surface area contributed by atoms with Gasteiger partial charge in [-0.15, -0.1) is 0 Å². The topological polar surface area (TPSA) is 120 Å². The van der Waals surface area contributed by atoms with Crippen LogP contribution in [-0.4, -0.2) is 26.1 Å². The van der Waals surface area contributed by atoms with E-state index in [-0.39, 0.29) is 18.3 Å². The lowest BCUT2D eigenvalue weighted by Gasteiger charge is -2.20. The molecule has 3 aromatic rings. The second-order valence-corrected chi connectivity index (χ2v) is 8.99. The first-order valence-electron chi connectivity index (χ1n) is 10.5. The van der Waals surface area contributed by atoms with Crippen LogP contribution in [0, 0.1) is 0 Å². The maximum absolute atomic E-state index is 12.6. The Kier molecular flexibility index (Phi) is 6.60. The molecule has 1 aliphatic rings. The number of carbonyl (C=O) groups is 1. The highest BCUT2D eigenvalue weighted by Gasteiger charge is 2.31. The molecule has 0 fully saturated rings. The van der Waals surface area contributed by atoms with Crippen LogP contribution in [0.15, 0.2) is 84.9 Å². The number of amides is 2. The number of anilines is 2. The summed E-state index contributed by atoms with van der Waals surface area (Å²) in [6, 6.07) is 21.5. The SMILES string of the molecule is CCNC(=O)Nc1cccc(-c2ccc(OCc3ccccc3)c(N3C=C(O)NS3(=O)=O)c2)c1. The van der Waals surface area contributed by atoms with Gasteiger partial charge in [-0.2, -0.15) is 8.42 Å². The standard InChI is InChI=1S/C24H24N4O5S/c1-2-25-24(30)26-20-10-6-9-18(13-20)19-11-12-22(33-16-17-7-4-3-5-8-17)21(14-19)28-15-23(29)27-34(28,31)32/h3-15,27,29H,2,16H2,1H3,(H2,25,26,30). The molecule has 0 aliphatic carbocycles. The Morgan fingerprint density at radius 2 is 1.79 bits per heavy atom. The smallest absolute Gasteiger partial charge is 0.330 e. The van der Waals surface area contributed by atoms with E-state index in [1.165, 1.54) is 0 Å². The van der Waals surface area contributed by atoms with Gasteiger partial charge in [-0.25, -0.2) is 13.8 Å². The molecule has 176 valence electrons. The van der Waals surface area contributed by atoms with Gasteiger partial charge < -0.3 is 20.5 Å². The summed E-state index contributed by atoms with van der Waals surface area (Å²) in [6.45, 7) is 2.56. The predicted octanol–water partition coefficient (Wildman–Crippen LogP) is 4.09. The number of urea groups is 1. The second kappa shape index (κ2) is 9.75. The molecule has 4 rings (SSSR count). The summed E-state index contributed by atoms with van der Waals surface area (Å²) in [5, 5.41) is 15.2. The van der Waals surface area contributed by atoms with Crippen molar-refractivity contribution >= 4 is 27.6 Å². The first kappa shape index (κ1) is 23.0. The van der Waals surface area contributed by atoms with E-state index in [0.29, 0.717) is 23.5 Å². The molecule has 1 heterocycles. The summed E-state index contributed by atoms with van der Waals surface area (Å²) in [7, 11) is -4.03. The maximum Gasteiger partial charge on any atom is 0.330 e. The number of ether oxygens (including phenoxy) is 1. The summed E-state index contributed by atoms with van der Waals surface area (Å²) in [5.74, 6) is -0.173. The molecule has 0 spiro atoms. The summed E-state index contributed by atoms with van der Waals surface area (Å²) in [5.41, 5.74) is 3.18. The van der Waals surface area contributed by atoms with Crippen molar-refractivity contribution in [3.05, 3.63) is 90.4 Å². The average Bonchev–Trinajstić information content (AvgIpc) is 3.10. The van der Waals surface area contributed by atoms with Gasteiger partial charge in [-0.1, -0.05) is 48.5 Å². The molecule has 0 unspecified atom stereocenters. The minimum atomic E-state index is -4.03. The predicted molar refractivity (Wildman–Crippen MR) is 131 cm³/mol. The molecule has 10 heteroatoms. The molecule has 2 amide bonds. The largest absolute Gasteiger partial charge is 0.493 e. The highest BCUT2D eigenvalue weighted by molar-refractivity contribution is 7.91. The highest BCUT2D eigenvalue weighted by Crippen LogP contribution is 2.37. The van der Waals surface area contributed by atoms with Crippen molar-refractivity contribution in [3.63, 3.8) is 0 Å². The summed E-state index contributed by atoms with van der Waals surface area (Å²) in [6.07, 6.45) is 1.08. The minimum Gasteiger partial charge on any atom is -0.493 e. The first-order valence-corrected chi connectivity index (χ1v) is 12.0. The van der Waals surface area contributed by atoms with Gasteiger partial charge in [0.1, 0.15) is 18.0 Å². The van der Waals surface area contributed by atoms with Crippen LogP contribution >= 0.6 is 0 Å². The summed E-state index contributed by atoms with van der Waals surface area (Å²) in [4.78, 5) is 11.9. The zero-order valence-electron chi connectivity index (χ0n) is 18.4. The Morgan fingerprint density at radius 3 is 2.50 bits per heavy atom. The Bertz CT molecular complexity index is 1330. The van der Waals surface area contributed by atoms with E-state index in [0.717, 1.165) is 21.6 Å². The van der Waals surface area contributed by atoms with Crippen LogP contribution in [0.5, 0.6) is 5.75 Å². The first-order chi connectivity index (χ1) is 16.4. The molecule has 0 saturated carbocycles. The molecule has 0 aromatic heterocycles. The third-order valence-electron chi connectivity index (χ3n) is 4.96. The van der Waals surface area contributed by atoms with Crippen molar-refractivity contribution in [2.24, 2.45) is 0 Å². The van der Waals surface area contributed by atoms with Gasteiger partial charge in [0.15, 0.2) is 0 Å². The number of nitrogens with zero attached hydrogens (tertiary/aromatic N) is 1. The van der Waals surface area contributed by atoms with Crippen molar-refractivity contribution in [1.82, 2.24) is 10.0 Å². The molecule has 0 saturated heterocycles. The molecule has 1 aliphatic heterocycles. The van der Waals surface area contributed by atoms with E-state index in [2.05, 4.69) is 10.6 Å². The van der Waals surface area contributed by atoms with Crippen molar-refractivity contribution in [2.75, 3.05) is 16.2 Å². The Labute approximate surface area is 197 Å². The number of hydrogen-bond donors (Lipinski definition) is 4. The number of benzene rings is 3. The number of hydrogen-bond acceptors (Lipinski definition) is 5. The van der Waals surface area contributed by atoms with Crippen LogP contribution in [0.1, 0.15) is 12.5 Å². The van der Waals surface area contributed by atoms with Gasteiger partial charge in [0, 0.05) is 12.2 Å². The van der Waals surface area contributed by atoms with E-state index in [4.69, 9.17) is 4.74 Å². The van der Waals surface area contributed by atoms with Crippen molar-refractivity contribution in [3.8, 4) is 16.9 Å². The average molecular weight is 481 g/mol. The van der Waals surface area contributed by atoms with Gasteiger partial charge in [0.25, 0.3) is 0 Å². The van der Waals surface area contributed by atoms with Crippen LogP contribution in [0.25, 0.3) is 11.1 Å². The van der Waals surface area contributed by atoms with Gasteiger partial charge in [-0.05, 0) is 47.9 Å². The van der Waals surface area contributed by atoms with Crippen LogP contribution in [-0.2, 0) is 16.8 Å². The Balaban J connectivity index is 1.70. The lowest BCUT2D eigenvalue weighted by atomic mass is 10.0. The van der Waals surface area contributed by atoms with Gasteiger partial charge in [0.2, 0.25) is 5.88 Å². The lowest BCUT2D eigenvalue weighted by Crippen LogP contribution is -2.30. The van der Waals surface area contributed by atoms with Crippen LogP contribution in [0.4, 0.5) is 16.2 Å². The number of aliphatic hydroxyl groups is 1. The lowest BCUT2D eigenvalue weighted by molar-refractivity contribution is 0.252. The molecule has 4 N–H and O–H groups in total. The number of aliphatic hydroxyl groups excluding tert-OH is 1. The minimum absolute atomic E-state index is 0.229. The van der Waals surface area contributed by atoms with E-state index in [1.807, 2.05) is 48.0 Å². The molecule has 0 atom stereocenters. The Hall–Kier alpha value is -4.18. The number of carbonyl (C=O) groups excluding carboxylic acids is 1. The molecule has 34 heavy (non-hydrogen) atoms. The monoisotopic (exact) mass is 480 g/mol. The molecular formula is C24H24N4O5S. The summed E-state index contributed by atoms with van der Waals surface area (Å²) >= 11 is 0. The van der Waals surface area contributed by atoms with E-state index in [9.17, 15) is 18.3 Å². The molecule has 0 radical (unpaired) electrons. The van der Waals surface area contributed by atoms with Crippen molar-refractivity contribution in [2.45, 2.75) is 13.5 Å². The molecule has 9 nitrogen and oxygen atoms in total. The van der Waals surface area contributed by atoms with Crippen LogP contribution < -0.4 is 24.4 Å². The number of rotatable bonds is 7. The molecular weight excluding hydrogens is 456 g/mol. The zero-order chi connectivity index (χ0) is 24.1. The highest BCUT2D eigenvalue weighted by atomic mass is 32.2. The van der Waals surface area contributed by atoms with E-state index in [1.54, 1.807) is 36.4 Å². The third kappa shape index (κ3) is 5.24. The Morgan fingerprint density at radius 1 is 1.03 bits per heavy atom. The van der Waals surface area contributed by atoms with E-state index >= 15 is 0 Å². The molecule has 3 aromatic carbocycles. The summed E-state index contributed by atoms with van der Waals surface area (Å²) < 4.78 is 34.1. The van der Waals surface area contributed by atoms with Gasteiger partial charge >= 0.3 is 16.2 Å². The zero-order valence-corrected chi connectivity index (χ0v) is 19.2. The van der Waals surface area contributed by atoms with Crippen LogP contribution in [0.3, 0.4) is 0 Å². The fraction of sp³-hybridized carbons (Fsp3) is 0.125. The maximum atomic E-state index is 12.6. The second-order valence-electron chi connectivity index (χ2n) is 7.44. The van der Waals surface area contributed by atoms with Crippen molar-refractivity contribution < 1.29 is 23.1 Å². The molecule has 0 bridgehead atoms. The normalized spacial score (nSPS) is 14.1. The van der Waals surface area contributed by atoms with Gasteiger partial charge in [-0.3, -0.25) is 0 Å². The quantitative estimate of drug-likeness (QED) is 0.406. The van der Waals surface area contributed by atoms with Gasteiger partial charge in [0.05, 0.1) is 6.20 Å². The number of nitrogens with one attached hydrogen (secondary N) is 3. The van der Waals surface area contributed by atoms with Crippen LogP contribution in [0.2, 0.25) is 0 Å².